The molecule has 0 bridgehead atoms. The van der Waals surface area contributed by atoms with Crippen molar-refractivity contribution in [1.82, 2.24) is 0 Å². The highest BCUT2D eigenvalue weighted by atomic mass is 32.2. The minimum Gasteiger partial charge on any atom is -0.459 e. The highest BCUT2D eigenvalue weighted by Gasteiger charge is 2.40. The molecule has 0 aliphatic heterocycles. The molecule has 0 aliphatic rings. The van der Waals surface area contributed by atoms with Gasteiger partial charge in [0.05, 0.1) is 0 Å². The molecule has 0 unspecified atom stereocenters. The van der Waals surface area contributed by atoms with E-state index in [9.17, 15) is 4.79 Å². The predicted molar refractivity (Wildman–Crippen MR) is 102 cm³/mol. The van der Waals surface area contributed by atoms with Crippen molar-refractivity contribution < 1.29 is 22.8 Å². The Morgan fingerprint density at radius 1 is 0.917 bits per heavy atom. The molecule has 144 valence electrons. The van der Waals surface area contributed by atoms with Gasteiger partial charge in [0, 0.05) is 25.9 Å². The normalized spacial score (nSPS) is 13.2. The lowest BCUT2D eigenvalue weighted by atomic mass is 10.1. The maximum atomic E-state index is 12.3. The van der Waals surface area contributed by atoms with Gasteiger partial charge in [-0.1, -0.05) is 0 Å². The summed E-state index contributed by atoms with van der Waals surface area (Å²) in [5.41, 5.74) is -0.462. The van der Waals surface area contributed by atoms with E-state index >= 15 is 0 Å². The molecule has 0 aliphatic carbocycles. The lowest BCUT2D eigenvalue weighted by Gasteiger charge is -2.30. The van der Waals surface area contributed by atoms with E-state index < -0.39 is 19.2 Å². The Hall–Kier alpha value is -0.0831. The fraction of sp³-hybridized carbons (Fsp3) is 0.941. The molecule has 0 amide bonds. The largest absolute Gasteiger partial charge is 0.500 e. The van der Waals surface area contributed by atoms with Crippen LogP contribution in [0.15, 0.2) is 0 Å². The Morgan fingerprint density at radius 3 is 1.75 bits per heavy atom. The van der Waals surface area contributed by atoms with Crippen molar-refractivity contribution in [3.63, 3.8) is 0 Å². The molecule has 0 heterocycles. The van der Waals surface area contributed by atoms with Crippen molar-refractivity contribution in [2.24, 2.45) is 0 Å². The Kier molecular flexibility index (Phi) is 10.8. The molecule has 0 aromatic rings. The monoisotopic (exact) mass is 380 g/mol. The van der Waals surface area contributed by atoms with Crippen molar-refractivity contribution >= 4 is 26.5 Å². The topological polar surface area (TPSA) is 54.0 Å². The average Bonchev–Trinajstić information content (AvgIpc) is 2.43. The number of hydrogen-bond donors (Lipinski definition) is 0. The van der Waals surface area contributed by atoms with Gasteiger partial charge >= 0.3 is 14.8 Å². The van der Waals surface area contributed by atoms with Gasteiger partial charge in [-0.15, -0.1) is 11.8 Å². The van der Waals surface area contributed by atoms with Gasteiger partial charge in [0.2, 0.25) is 0 Å². The Balaban J connectivity index is 4.52. The summed E-state index contributed by atoms with van der Waals surface area (Å²) in [7, 11) is -2.59. The van der Waals surface area contributed by atoms with Crippen LogP contribution in [0.4, 0.5) is 0 Å². The van der Waals surface area contributed by atoms with Crippen LogP contribution >= 0.6 is 11.8 Å². The first-order chi connectivity index (χ1) is 11.0. The van der Waals surface area contributed by atoms with Crippen LogP contribution in [0.1, 0.15) is 61.8 Å². The van der Waals surface area contributed by atoms with Gasteiger partial charge in [-0.2, -0.15) is 0 Å². The summed E-state index contributed by atoms with van der Waals surface area (Å²) in [6.45, 7) is 17.1. The van der Waals surface area contributed by atoms with E-state index in [2.05, 4.69) is 0 Å². The quantitative estimate of drug-likeness (QED) is 0.286. The molecule has 7 heteroatoms. The molecule has 0 saturated carbocycles. The fourth-order valence-electron chi connectivity index (χ4n) is 2.08. The summed E-state index contributed by atoms with van der Waals surface area (Å²) in [4.78, 5) is 12.3. The molecule has 0 spiro atoms. The third-order valence-electron chi connectivity index (χ3n) is 3.07. The number of rotatable bonds is 12. The highest BCUT2D eigenvalue weighted by molar-refractivity contribution is 8.01. The molecule has 0 radical (unpaired) electrons. The Morgan fingerprint density at radius 2 is 1.38 bits per heavy atom. The molecule has 0 fully saturated rings. The number of carbonyl (C=O) groups is 1. The lowest BCUT2D eigenvalue weighted by Crippen LogP contribution is -2.46. The number of carbonyl (C=O) groups excluding carboxylic acids is 1. The lowest BCUT2D eigenvalue weighted by molar-refractivity contribution is -0.156. The molecule has 0 saturated heterocycles. The summed E-state index contributed by atoms with van der Waals surface area (Å²) >= 11 is 1.60. The average molecular weight is 381 g/mol. The zero-order valence-electron chi connectivity index (χ0n) is 16.7. The van der Waals surface area contributed by atoms with Gasteiger partial charge in [0.1, 0.15) is 10.3 Å². The first-order valence-corrected chi connectivity index (χ1v) is 11.7. The summed E-state index contributed by atoms with van der Waals surface area (Å²) < 4.78 is 22.5. The van der Waals surface area contributed by atoms with E-state index in [0.717, 1.165) is 18.2 Å². The second kappa shape index (κ2) is 10.8. The zero-order valence-corrected chi connectivity index (χ0v) is 18.5. The maximum absolute atomic E-state index is 12.3. The molecule has 0 aromatic heterocycles. The van der Waals surface area contributed by atoms with Gasteiger partial charge in [-0.25, -0.2) is 0 Å². The molecule has 24 heavy (non-hydrogen) atoms. The van der Waals surface area contributed by atoms with Gasteiger partial charge in [0.25, 0.3) is 0 Å². The van der Waals surface area contributed by atoms with E-state index in [-0.39, 0.29) is 5.97 Å². The minimum atomic E-state index is -2.59. The highest BCUT2D eigenvalue weighted by Crippen LogP contribution is 2.30. The molecule has 0 atom stereocenters. The summed E-state index contributed by atoms with van der Waals surface area (Å²) in [6.07, 6.45) is 0.878. The first-order valence-electron chi connectivity index (χ1n) is 8.81. The first kappa shape index (κ1) is 23.9. The predicted octanol–water partition coefficient (Wildman–Crippen LogP) is 4.28. The SMILES string of the molecule is CCO[Si](CCCSC(C)(C)C(=O)OC(C)(C)C)(OCC)OCC. The maximum Gasteiger partial charge on any atom is 0.500 e. The van der Waals surface area contributed by atoms with Crippen molar-refractivity contribution in [1.29, 1.82) is 0 Å². The number of ether oxygens (including phenoxy) is 1. The third-order valence-corrected chi connectivity index (χ3v) is 7.61. The van der Waals surface area contributed by atoms with E-state index in [0.29, 0.717) is 19.8 Å². The third kappa shape index (κ3) is 9.41. The second-order valence-electron chi connectivity index (χ2n) is 6.95. The molecular weight excluding hydrogens is 344 g/mol. The van der Waals surface area contributed by atoms with Crippen LogP contribution in [0.2, 0.25) is 6.04 Å². The van der Waals surface area contributed by atoms with Gasteiger partial charge in [-0.3, -0.25) is 4.79 Å². The van der Waals surface area contributed by atoms with Crippen LogP contribution in [0.3, 0.4) is 0 Å². The van der Waals surface area contributed by atoms with Gasteiger partial charge < -0.3 is 18.0 Å². The van der Waals surface area contributed by atoms with Crippen LogP contribution < -0.4 is 0 Å². The Bertz CT molecular complexity index is 351. The van der Waals surface area contributed by atoms with E-state index in [1.165, 1.54) is 0 Å². The van der Waals surface area contributed by atoms with Crippen molar-refractivity contribution in [3.05, 3.63) is 0 Å². The second-order valence-corrected chi connectivity index (χ2v) is 11.4. The van der Waals surface area contributed by atoms with E-state index in [4.69, 9.17) is 18.0 Å². The summed E-state index contributed by atoms with van der Waals surface area (Å²) in [5, 5.41) is 0. The van der Waals surface area contributed by atoms with Gasteiger partial charge in [-0.05, 0) is 67.6 Å². The van der Waals surface area contributed by atoms with Gasteiger partial charge in [0.15, 0.2) is 0 Å². The molecule has 0 aromatic carbocycles. The van der Waals surface area contributed by atoms with Crippen LogP contribution in [0, 0.1) is 0 Å². The molecule has 5 nitrogen and oxygen atoms in total. The minimum absolute atomic E-state index is 0.178. The standard InChI is InChI=1S/C17H36O5SSi/c1-9-19-24(20-10-2,21-11-3)14-12-13-23-17(7,8)15(18)22-16(4,5)6/h9-14H2,1-8H3. The van der Waals surface area contributed by atoms with Crippen LogP contribution in [-0.4, -0.2) is 50.7 Å². The van der Waals surface area contributed by atoms with Crippen LogP contribution in [0.5, 0.6) is 0 Å². The van der Waals surface area contributed by atoms with E-state index in [1.54, 1.807) is 11.8 Å². The van der Waals surface area contributed by atoms with E-state index in [1.807, 2.05) is 55.4 Å². The van der Waals surface area contributed by atoms with Crippen molar-refractivity contribution in [3.8, 4) is 0 Å². The Labute approximate surface area is 153 Å². The fourth-order valence-corrected chi connectivity index (χ4v) is 5.90. The van der Waals surface area contributed by atoms with Crippen LogP contribution in [0.25, 0.3) is 0 Å². The summed E-state index contributed by atoms with van der Waals surface area (Å²) in [6, 6.07) is 0.764. The smallest absolute Gasteiger partial charge is 0.459 e. The number of thioether (sulfide) groups is 1. The van der Waals surface area contributed by atoms with Crippen molar-refractivity contribution in [2.75, 3.05) is 25.6 Å². The zero-order chi connectivity index (χ0) is 18.9. The summed E-state index contributed by atoms with van der Waals surface area (Å²) in [5.74, 6) is 0.650. The van der Waals surface area contributed by atoms with Crippen molar-refractivity contribution in [2.45, 2.75) is 78.2 Å². The molecular formula is C17H36O5SSi. The number of esters is 1. The number of hydrogen-bond acceptors (Lipinski definition) is 6. The van der Waals surface area contributed by atoms with Crippen LogP contribution in [-0.2, 0) is 22.8 Å². The molecule has 0 N–H and O–H groups in total. The molecule has 0 rings (SSSR count).